The summed E-state index contributed by atoms with van der Waals surface area (Å²) in [5.74, 6) is 0.0173. The van der Waals surface area contributed by atoms with Crippen molar-refractivity contribution in [3.8, 4) is 17.6 Å². The van der Waals surface area contributed by atoms with Crippen molar-refractivity contribution in [1.82, 2.24) is 19.4 Å². The number of aryl methyl sites for hydroxylation is 1. The van der Waals surface area contributed by atoms with E-state index in [0.29, 0.717) is 44.8 Å². The van der Waals surface area contributed by atoms with Gasteiger partial charge in [0.2, 0.25) is 0 Å². The number of rotatable bonds is 6. The number of alkyl halides is 3. The zero-order chi connectivity index (χ0) is 25.7. The third-order valence-electron chi connectivity index (χ3n) is 5.85. The molecule has 0 radical (unpaired) electrons. The first-order chi connectivity index (χ1) is 17.2. The Morgan fingerprint density at radius 1 is 1.03 bits per heavy atom. The minimum Gasteiger partial charge on any atom is -0.406 e. The summed E-state index contributed by atoms with van der Waals surface area (Å²) in [6.45, 7) is 5.05. The van der Waals surface area contributed by atoms with Crippen LogP contribution in [-0.4, -0.2) is 58.0 Å². The van der Waals surface area contributed by atoms with Crippen LogP contribution in [0.15, 0.2) is 54.7 Å². The molecule has 0 bridgehead atoms. The predicted octanol–water partition coefficient (Wildman–Crippen LogP) is 4.33. The summed E-state index contributed by atoms with van der Waals surface area (Å²) in [6, 6.07) is 14.7. The Kier molecular flexibility index (Phi) is 7.45. The molecule has 3 aromatic rings. The quantitative estimate of drug-likeness (QED) is 0.502. The van der Waals surface area contributed by atoms with Crippen molar-refractivity contribution in [2.45, 2.75) is 26.4 Å². The van der Waals surface area contributed by atoms with Crippen molar-refractivity contribution in [2.24, 2.45) is 0 Å². The van der Waals surface area contributed by atoms with Crippen LogP contribution in [0.5, 0.6) is 11.5 Å². The van der Waals surface area contributed by atoms with E-state index in [1.54, 1.807) is 12.1 Å². The number of para-hydroxylation sites is 2. The van der Waals surface area contributed by atoms with Gasteiger partial charge >= 0.3 is 12.5 Å². The molecule has 0 saturated carbocycles. The van der Waals surface area contributed by atoms with Crippen molar-refractivity contribution in [2.75, 3.05) is 26.2 Å². The number of benzene rings is 2. The van der Waals surface area contributed by atoms with Gasteiger partial charge in [-0.05, 0) is 36.8 Å². The van der Waals surface area contributed by atoms with Crippen LogP contribution in [0.3, 0.4) is 0 Å². The van der Waals surface area contributed by atoms with E-state index in [2.05, 4.69) is 25.3 Å². The molecular formula is C25H24F3N5O3. The molecule has 36 heavy (non-hydrogen) atoms. The second-order valence-corrected chi connectivity index (χ2v) is 8.32. The fraction of sp³-hybridized carbons (Fsp3) is 0.320. The third-order valence-corrected chi connectivity index (χ3v) is 5.85. The first-order valence-corrected chi connectivity index (χ1v) is 11.3. The van der Waals surface area contributed by atoms with Crippen LogP contribution in [0.4, 0.5) is 18.0 Å². The minimum absolute atomic E-state index is 0.288. The van der Waals surface area contributed by atoms with Gasteiger partial charge < -0.3 is 18.9 Å². The topological polar surface area (TPSA) is 83.6 Å². The number of hydrogen-bond acceptors (Lipinski definition) is 6. The monoisotopic (exact) mass is 499 g/mol. The maximum atomic E-state index is 12.6. The molecule has 1 amide bonds. The van der Waals surface area contributed by atoms with Crippen molar-refractivity contribution in [3.63, 3.8) is 0 Å². The second-order valence-electron chi connectivity index (χ2n) is 8.32. The number of amides is 1. The number of carbonyl (C=O) groups excluding carboxylic acids is 1. The Bertz CT molecular complexity index is 1240. The van der Waals surface area contributed by atoms with E-state index in [-0.39, 0.29) is 5.75 Å². The van der Waals surface area contributed by atoms with Crippen LogP contribution in [0, 0.1) is 18.3 Å². The first-order valence-electron chi connectivity index (χ1n) is 11.3. The molecule has 4 rings (SSSR count). The Hall–Kier alpha value is -4.04. The maximum absolute atomic E-state index is 12.6. The first kappa shape index (κ1) is 25.1. The number of nitriles is 1. The molecule has 1 aliphatic heterocycles. The van der Waals surface area contributed by atoms with Crippen LogP contribution in [0.1, 0.15) is 22.6 Å². The van der Waals surface area contributed by atoms with Gasteiger partial charge in [-0.2, -0.15) is 5.26 Å². The summed E-state index contributed by atoms with van der Waals surface area (Å²) in [5.41, 5.74) is 2.68. The average Bonchev–Trinajstić information content (AvgIpc) is 3.19. The van der Waals surface area contributed by atoms with Crippen LogP contribution in [0.2, 0.25) is 0 Å². The Morgan fingerprint density at radius 2 is 1.69 bits per heavy atom. The highest BCUT2D eigenvalue weighted by Gasteiger charge is 2.33. The van der Waals surface area contributed by atoms with Crippen LogP contribution in [-0.2, 0) is 13.1 Å². The van der Waals surface area contributed by atoms with Crippen molar-refractivity contribution < 1.29 is 27.4 Å². The number of hydrogen-bond donors (Lipinski definition) is 0. The van der Waals surface area contributed by atoms with E-state index in [0.717, 1.165) is 23.1 Å². The van der Waals surface area contributed by atoms with Crippen molar-refractivity contribution in [1.29, 1.82) is 5.26 Å². The van der Waals surface area contributed by atoms with E-state index in [9.17, 15) is 18.0 Å². The molecule has 11 heteroatoms. The number of nitrogens with zero attached hydrogens (tertiary/aromatic N) is 5. The smallest absolute Gasteiger partial charge is 0.406 e. The molecule has 2 heterocycles. The summed E-state index contributed by atoms with van der Waals surface area (Å²) in [5, 5.41) is 8.99. The minimum atomic E-state index is -4.89. The van der Waals surface area contributed by atoms with Gasteiger partial charge in [-0.1, -0.05) is 24.3 Å². The molecule has 2 aromatic carbocycles. The van der Waals surface area contributed by atoms with E-state index >= 15 is 0 Å². The van der Waals surface area contributed by atoms with Crippen molar-refractivity contribution >= 4 is 6.09 Å². The summed E-state index contributed by atoms with van der Waals surface area (Å²) < 4.78 is 49.1. The summed E-state index contributed by atoms with van der Waals surface area (Å²) in [7, 11) is 0. The SMILES string of the molecule is Cc1ncc(CN2CCN(C(=O)Oc3ccccc3OC(F)(F)F)CC2)n1Cc1ccc(C#N)cc1. The van der Waals surface area contributed by atoms with E-state index in [4.69, 9.17) is 10.00 Å². The third kappa shape index (κ3) is 6.34. The molecule has 1 saturated heterocycles. The lowest BCUT2D eigenvalue weighted by molar-refractivity contribution is -0.275. The molecule has 188 valence electrons. The maximum Gasteiger partial charge on any atom is 0.573 e. The van der Waals surface area contributed by atoms with Gasteiger partial charge in [-0.15, -0.1) is 13.2 Å². The highest BCUT2D eigenvalue weighted by atomic mass is 19.4. The highest BCUT2D eigenvalue weighted by Crippen LogP contribution is 2.32. The number of carbonyl (C=O) groups is 1. The molecule has 1 fully saturated rings. The molecule has 1 aliphatic rings. The number of aromatic nitrogens is 2. The Morgan fingerprint density at radius 3 is 2.33 bits per heavy atom. The average molecular weight is 499 g/mol. The van der Waals surface area contributed by atoms with Crippen LogP contribution >= 0.6 is 0 Å². The predicted molar refractivity (Wildman–Crippen MR) is 123 cm³/mol. The molecule has 0 N–H and O–H groups in total. The summed E-state index contributed by atoms with van der Waals surface area (Å²) in [6.07, 6.45) is -3.79. The molecule has 0 spiro atoms. The van der Waals surface area contributed by atoms with E-state index in [1.165, 1.54) is 23.1 Å². The number of ether oxygens (including phenoxy) is 2. The van der Waals surface area contributed by atoms with Gasteiger partial charge in [0.25, 0.3) is 0 Å². The Balaban J connectivity index is 1.33. The fourth-order valence-corrected chi connectivity index (χ4v) is 3.94. The van der Waals surface area contributed by atoms with Gasteiger partial charge in [0.1, 0.15) is 5.82 Å². The lowest BCUT2D eigenvalue weighted by atomic mass is 10.1. The zero-order valence-corrected chi connectivity index (χ0v) is 19.5. The summed E-state index contributed by atoms with van der Waals surface area (Å²) >= 11 is 0. The lowest BCUT2D eigenvalue weighted by Gasteiger charge is -2.34. The number of piperazine rings is 1. The fourth-order valence-electron chi connectivity index (χ4n) is 3.94. The van der Waals surface area contributed by atoms with Gasteiger partial charge in [0.05, 0.1) is 17.3 Å². The van der Waals surface area contributed by atoms with Gasteiger partial charge in [-0.3, -0.25) is 4.90 Å². The number of halogens is 3. The van der Waals surface area contributed by atoms with Crippen LogP contribution in [0.25, 0.3) is 0 Å². The zero-order valence-electron chi connectivity index (χ0n) is 19.5. The molecule has 1 aromatic heterocycles. The molecule has 0 aliphatic carbocycles. The van der Waals surface area contributed by atoms with Crippen LogP contribution < -0.4 is 9.47 Å². The molecule has 8 nitrogen and oxygen atoms in total. The largest absolute Gasteiger partial charge is 0.573 e. The Labute approximate surface area is 206 Å². The summed E-state index contributed by atoms with van der Waals surface area (Å²) in [4.78, 5) is 20.6. The lowest BCUT2D eigenvalue weighted by Crippen LogP contribution is -2.49. The normalized spacial score (nSPS) is 14.4. The van der Waals surface area contributed by atoms with Crippen molar-refractivity contribution in [3.05, 3.63) is 77.4 Å². The highest BCUT2D eigenvalue weighted by molar-refractivity contribution is 5.71. The molecule has 0 unspecified atom stereocenters. The molecule has 0 atom stereocenters. The van der Waals surface area contributed by atoms with E-state index in [1.807, 2.05) is 25.3 Å². The second kappa shape index (κ2) is 10.7. The van der Waals surface area contributed by atoms with E-state index < -0.39 is 18.2 Å². The van der Waals surface area contributed by atoms with Gasteiger partial charge in [-0.25, -0.2) is 9.78 Å². The van der Waals surface area contributed by atoms with Gasteiger partial charge in [0, 0.05) is 45.5 Å². The standard InChI is InChI=1S/C25H24F3N5O3/c1-18-30-15-21(33(18)16-20-8-6-19(14-29)7-9-20)17-31-10-12-32(13-11-31)24(34)35-22-4-2-3-5-23(22)36-25(26,27)28/h2-9,15H,10-13,16-17H2,1H3. The molecular weight excluding hydrogens is 475 g/mol. The number of imidazole rings is 1. The van der Waals surface area contributed by atoms with Gasteiger partial charge in [0.15, 0.2) is 11.5 Å².